The molecule has 0 radical (unpaired) electrons. The Hall–Kier alpha value is -1.59. The zero-order valence-electron chi connectivity index (χ0n) is 9.85. The molecule has 1 heterocycles. The van der Waals surface area contributed by atoms with E-state index >= 15 is 0 Å². The lowest BCUT2D eigenvalue weighted by atomic mass is 9.95. The van der Waals surface area contributed by atoms with Gasteiger partial charge in [0.05, 0.1) is 6.61 Å². The van der Waals surface area contributed by atoms with Crippen molar-refractivity contribution in [3.05, 3.63) is 0 Å². The van der Waals surface area contributed by atoms with E-state index in [0.717, 1.165) is 0 Å². The van der Waals surface area contributed by atoms with Gasteiger partial charge in [-0.25, -0.2) is 4.79 Å². The van der Waals surface area contributed by atoms with Crippen molar-refractivity contribution in [1.82, 2.24) is 4.90 Å². The van der Waals surface area contributed by atoms with Gasteiger partial charge in [-0.05, 0) is 19.8 Å². The van der Waals surface area contributed by atoms with Crippen LogP contribution in [0, 0.1) is 5.92 Å². The number of amides is 1. The summed E-state index contributed by atoms with van der Waals surface area (Å²) < 4.78 is 4.82. The van der Waals surface area contributed by atoms with E-state index in [-0.39, 0.29) is 31.8 Å². The van der Waals surface area contributed by atoms with Crippen molar-refractivity contribution < 1.29 is 24.2 Å². The van der Waals surface area contributed by atoms with Crippen molar-refractivity contribution >= 4 is 17.8 Å². The monoisotopic (exact) mass is 243 g/mol. The molecule has 6 heteroatoms. The topological polar surface area (TPSA) is 83.9 Å². The summed E-state index contributed by atoms with van der Waals surface area (Å²) in [4.78, 5) is 35.3. The van der Waals surface area contributed by atoms with E-state index in [2.05, 4.69) is 0 Å². The predicted molar refractivity (Wildman–Crippen MR) is 58.6 cm³/mol. The summed E-state index contributed by atoms with van der Waals surface area (Å²) in [5.74, 6) is -1.49. The van der Waals surface area contributed by atoms with Crippen molar-refractivity contribution in [2.75, 3.05) is 19.7 Å². The average Bonchev–Trinajstić information content (AvgIpc) is 2.23. The number of hydrogen-bond donors (Lipinski definition) is 1. The summed E-state index contributed by atoms with van der Waals surface area (Å²) in [5.41, 5.74) is 0. The smallest absolute Gasteiger partial charge is 0.407 e. The van der Waals surface area contributed by atoms with Crippen LogP contribution in [0.1, 0.15) is 26.2 Å². The second kappa shape index (κ2) is 6.22. The molecule has 1 aliphatic rings. The molecule has 1 unspecified atom stereocenters. The zero-order valence-corrected chi connectivity index (χ0v) is 9.85. The summed E-state index contributed by atoms with van der Waals surface area (Å²) in [6, 6.07) is 0. The summed E-state index contributed by atoms with van der Waals surface area (Å²) in [6.07, 6.45) is -0.111. The van der Waals surface area contributed by atoms with Crippen molar-refractivity contribution in [2.24, 2.45) is 5.92 Å². The van der Waals surface area contributed by atoms with Gasteiger partial charge >= 0.3 is 12.1 Å². The average molecular weight is 243 g/mol. The number of esters is 1. The molecule has 1 amide bonds. The van der Waals surface area contributed by atoms with Crippen LogP contribution >= 0.6 is 0 Å². The Kier molecular flexibility index (Phi) is 4.93. The third-order valence-corrected chi connectivity index (χ3v) is 2.77. The van der Waals surface area contributed by atoms with Crippen molar-refractivity contribution in [1.29, 1.82) is 0 Å². The number of carboxylic acid groups (broad SMARTS) is 1. The molecule has 1 atom stereocenters. The highest BCUT2D eigenvalue weighted by molar-refractivity contribution is 5.99. The van der Waals surface area contributed by atoms with Crippen LogP contribution in [0.3, 0.4) is 0 Å². The molecule has 1 fully saturated rings. The summed E-state index contributed by atoms with van der Waals surface area (Å²) in [5, 5.41) is 8.87. The van der Waals surface area contributed by atoms with Gasteiger partial charge in [0.1, 0.15) is 11.7 Å². The van der Waals surface area contributed by atoms with Gasteiger partial charge < -0.3 is 14.7 Å². The molecule has 0 saturated carbocycles. The first-order chi connectivity index (χ1) is 8.06. The molecule has 0 aliphatic carbocycles. The maximum Gasteiger partial charge on any atom is 0.407 e. The number of ketones is 1. The van der Waals surface area contributed by atoms with Crippen molar-refractivity contribution in [2.45, 2.75) is 26.2 Å². The number of carbonyl (C=O) groups is 3. The minimum absolute atomic E-state index is 0.145. The van der Waals surface area contributed by atoms with Gasteiger partial charge in [0, 0.05) is 19.5 Å². The van der Waals surface area contributed by atoms with Gasteiger partial charge in [0.15, 0.2) is 0 Å². The SMILES string of the molecule is CCOC(=O)C1CCN(C(=O)O)CCCC1=O. The molecule has 6 nitrogen and oxygen atoms in total. The van der Waals surface area contributed by atoms with Crippen LogP contribution in [0.5, 0.6) is 0 Å². The van der Waals surface area contributed by atoms with E-state index in [1.165, 1.54) is 4.90 Å². The molecule has 0 aromatic heterocycles. The molecule has 0 aromatic rings. The van der Waals surface area contributed by atoms with Gasteiger partial charge in [-0.3, -0.25) is 9.59 Å². The van der Waals surface area contributed by atoms with Crippen molar-refractivity contribution in [3.8, 4) is 0 Å². The first-order valence-electron chi connectivity index (χ1n) is 5.73. The van der Waals surface area contributed by atoms with E-state index in [1.54, 1.807) is 6.92 Å². The molecule has 1 rings (SSSR count). The number of nitrogens with zero attached hydrogens (tertiary/aromatic N) is 1. The van der Waals surface area contributed by atoms with E-state index in [0.29, 0.717) is 13.0 Å². The molecule has 0 bridgehead atoms. The van der Waals surface area contributed by atoms with Crippen molar-refractivity contribution in [3.63, 3.8) is 0 Å². The van der Waals surface area contributed by atoms with Gasteiger partial charge in [0.2, 0.25) is 0 Å². The van der Waals surface area contributed by atoms with E-state index in [1.807, 2.05) is 0 Å². The zero-order chi connectivity index (χ0) is 12.8. The van der Waals surface area contributed by atoms with Crippen LogP contribution in [0.25, 0.3) is 0 Å². The maximum atomic E-state index is 11.7. The van der Waals surface area contributed by atoms with E-state index in [4.69, 9.17) is 9.84 Å². The molecular formula is C11H17NO5. The first kappa shape index (κ1) is 13.5. The number of rotatable bonds is 2. The van der Waals surface area contributed by atoms with Crippen LogP contribution in [-0.4, -0.2) is 47.5 Å². The number of ether oxygens (including phenoxy) is 1. The Bertz CT molecular complexity index is 307. The quantitative estimate of drug-likeness (QED) is 0.575. The predicted octanol–water partition coefficient (Wildman–Crippen LogP) is 0.899. The molecule has 0 aromatic carbocycles. The molecule has 1 N–H and O–H groups in total. The minimum atomic E-state index is -1.01. The van der Waals surface area contributed by atoms with Gasteiger partial charge in [0.25, 0.3) is 0 Å². The van der Waals surface area contributed by atoms with E-state index < -0.39 is 18.0 Å². The summed E-state index contributed by atoms with van der Waals surface area (Å²) >= 11 is 0. The van der Waals surface area contributed by atoms with Crippen LogP contribution in [0.2, 0.25) is 0 Å². The molecule has 96 valence electrons. The third kappa shape index (κ3) is 3.72. The lowest BCUT2D eigenvalue weighted by Gasteiger charge is -2.24. The summed E-state index contributed by atoms with van der Waals surface area (Å²) in [7, 11) is 0. The Morgan fingerprint density at radius 2 is 2.18 bits per heavy atom. The molecule has 0 spiro atoms. The largest absolute Gasteiger partial charge is 0.465 e. The first-order valence-corrected chi connectivity index (χ1v) is 5.73. The van der Waals surface area contributed by atoms with Crippen LogP contribution in [0.4, 0.5) is 4.79 Å². The Balaban J connectivity index is 2.65. The minimum Gasteiger partial charge on any atom is -0.465 e. The molecule has 17 heavy (non-hydrogen) atoms. The number of Topliss-reactive ketones (excluding diaryl/α,β-unsaturated/α-hetero) is 1. The molecule has 1 saturated heterocycles. The fourth-order valence-electron chi connectivity index (χ4n) is 1.86. The second-order valence-electron chi connectivity index (χ2n) is 3.93. The number of carbonyl (C=O) groups excluding carboxylic acids is 2. The molecular weight excluding hydrogens is 226 g/mol. The van der Waals surface area contributed by atoms with Gasteiger partial charge in [-0.2, -0.15) is 0 Å². The normalized spacial score (nSPS) is 21.6. The Labute approximate surface area is 99.5 Å². The van der Waals surface area contributed by atoms with Gasteiger partial charge in [-0.1, -0.05) is 0 Å². The van der Waals surface area contributed by atoms with Crippen LogP contribution in [-0.2, 0) is 14.3 Å². The lowest BCUT2D eigenvalue weighted by Crippen LogP contribution is -2.38. The Morgan fingerprint density at radius 3 is 2.76 bits per heavy atom. The number of hydrogen-bond acceptors (Lipinski definition) is 4. The fraction of sp³-hybridized carbons (Fsp3) is 0.727. The standard InChI is InChI=1S/C11H17NO5/c1-2-17-10(14)8-5-7-12(11(15)16)6-3-4-9(8)13/h8H,2-7H2,1H3,(H,15,16). The Morgan fingerprint density at radius 1 is 1.47 bits per heavy atom. The van der Waals surface area contributed by atoms with E-state index in [9.17, 15) is 14.4 Å². The maximum absolute atomic E-state index is 11.7. The fourth-order valence-corrected chi connectivity index (χ4v) is 1.86. The van der Waals surface area contributed by atoms with Crippen LogP contribution in [0.15, 0.2) is 0 Å². The lowest BCUT2D eigenvalue weighted by molar-refractivity contribution is -0.152. The van der Waals surface area contributed by atoms with Gasteiger partial charge in [-0.15, -0.1) is 0 Å². The van der Waals surface area contributed by atoms with Crippen LogP contribution < -0.4 is 0 Å². The highest BCUT2D eigenvalue weighted by Crippen LogP contribution is 2.16. The highest BCUT2D eigenvalue weighted by Gasteiger charge is 2.30. The highest BCUT2D eigenvalue weighted by atomic mass is 16.5. The number of likely N-dealkylation sites (tertiary alicyclic amines) is 1. The second-order valence-corrected chi connectivity index (χ2v) is 3.93. The summed E-state index contributed by atoms with van der Waals surface area (Å²) in [6.45, 7) is 2.45. The molecule has 1 aliphatic heterocycles. The third-order valence-electron chi connectivity index (χ3n) is 2.77.